The molecular formula is C26H20BrClN4O2S. The van der Waals surface area contributed by atoms with Gasteiger partial charge in [-0.15, -0.1) is 5.10 Å². The molecule has 3 aromatic carbocycles. The molecule has 0 aliphatic carbocycles. The molecule has 0 saturated heterocycles. The van der Waals surface area contributed by atoms with Crippen LogP contribution in [-0.4, -0.2) is 28.1 Å². The fourth-order valence-corrected chi connectivity index (χ4v) is 5.37. The van der Waals surface area contributed by atoms with Crippen molar-refractivity contribution >= 4 is 50.9 Å². The Labute approximate surface area is 220 Å². The van der Waals surface area contributed by atoms with E-state index in [1.165, 1.54) is 11.8 Å². The van der Waals surface area contributed by atoms with Gasteiger partial charge in [-0.1, -0.05) is 63.6 Å². The quantitative estimate of drug-likeness (QED) is 0.268. The predicted molar refractivity (Wildman–Crippen MR) is 142 cm³/mol. The molecule has 0 amide bonds. The lowest BCUT2D eigenvalue weighted by molar-refractivity contribution is 0.223. The number of fused-ring (bicyclic) bond motifs is 3. The Morgan fingerprint density at radius 1 is 1.06 bits per heavy atom. The van der Waals surface area contributed by atoms with Gasteiger partial charge in [-0.2, -0.15) is 4.98 Å². The van der Waals surface area contributed by atoms with E-state index in [0.29, 0.717) is 16.1 Å². The average Bonchev–Trinajstić information content (AvgIpc) is 3.31. The molecular weight excluding hydrogens is 548 g/mol. The van der Waals surface area contributed by atoms with Crippen molar-refractivity contribution in [2.75, 3.05) is 18.7 Å². The molecule has 35 heavy (non-hydrogen) atoms. The standard InChI is InChI=1S/C26H20BrClN4O2S/c1-33-18-10-5-14(6-11-18)23-21-22(29-25-30-26(35-2)31-32(23)25)19-13-17(28)9-12-20(19)34-24(21)15-3-7-16(27)8-4-15/h3-13,23-24H,1-2H3,(H,29,30,31). The molecule has 2 atom stereocenters. The number of hydrogen-bond donors (Lipinski definition) is 1. The van der Waals surface area contributed by atoms with Gasteiger partial charge in [-0.3, -0.25) is 0 Å². The Bertz CT molecular complexity index is 1450. The van der Waals surface area contributed by atoms with Crippen molar-refractivity contribution in [1.29, 1.82) is 0 Å². The van der Waals surface area contributed by atoms with Crippen LogP contribution in [0, 0.1) is 0 Å². The van der Waals surface area contributed by atoms with Gasteiger partial charge in [0, 0.05) is 20.6 Å². The molecule has 2 aliphatic heterocycles. The van der Waals surface area contributed by atoms with Crippen molar-refractivity contribution in [3.05, 3.63) is 98.5 Å². The molecule has 0 bridgehead atoms. The Balaban J connectivity index is 1.62. The Morgan fingerprint density at radius 3 is 2.51 bits per heavy atom. The second-order valence-corrected chi connectivity index (χ2v) is 10.3. The molecule has 176 valence electrons. The number of nitrogens with zero attached hydrogens (tertiary/aromatic N) is 3. The lowest BCUT2D eigenvalue weighted by Crippen LogP contribution is -2.32. The van der Waals surface area contributed by atoms with Crippen molar-refractivity contribution < 1.29 is 9.47 Å². The molecule has 1 N–H and O–H groups in total. The van der Waals surface area contributed by atoms with Gasteiger partial charge in [-0.25, -0.2) is 4.68 Å². The minimum atomic E-state index is -0.346. The molecule has 0 radical (unpaired) electrons. The fraction of sp³-hybridized carbons (Fsp3) is 0.154. The van der Waals surface area contributed by atoms with Crippen LogP contribution in [0.4, 0.5) is 5.95 Å². The molecule has 2 unspecified atom stereocenters. The van der Waals surface area contributed by atoms with Crippen LogP contribution in [0.1, 0.15) is 28.8 Å². The van der Waals surface area contributed by atoms with Crippen molar-refractivity contribution in [2.24, 2.45) is 0 Å². The van der Waals surface area contributed by atoms with Gasteiger partial charge in [0.25, 0.3) is 0 Å². The predicted octanol–water partition coefficient (Wildman–Crippen LogP) is 6.98. The number of methoxy groups -OCH3 is 1. The molecule has 2 aliphatic rings. The summed E-state index contributed by atoms with van der Waals surface area (Å²) in [6, 6.07) is 21.7. The number of anilines is 1. The maximum atomic E-state index is 6.66. The maximum absolute atomic E-state index is 6.66. The van der Waals surface area contributed by atoms with E-state index in [1.807, 2.05) is 53.4 Å². The number of nitrogens with one attached hydrogen (secondary N) is 1. The third kappa shape index (κ3) is 3.90. The molecule has 4 aromatic rings. The average molecular weight is 568 g/mol. The molecule has 0 fully saturated rings. The topological polar surface area (TPSA) is 61.2 Å². The molecule has 1 aromatic heterocycles. The third-order valence-corrected chi connectivity index (χ3v) is 7.50. The van der Waals surface area contributed by atoms with E-state index >= 15 is 0 Å². The van der Waals surface area contributed by atoms with Gasteiger partial charge in [0.05, 0.1) is 12.8 Å². The fourth-order valence-electron chi connectivity index (χ4n) is 4.59. The lowest BCUT2D eigenvalue weighted by Gasteiger charge is -2.39. The van der Waals surface area contributed by atoms with E-state index in [-0.39, 0.29) is 12.1 Å². The van der Waals surface area contributed by atoms with Gasteiger partial charge >= 0.3 is 0 Å². The number of ether oxygens (including phenoxy) is 2. The SMILES string of the molecule is COc1ccc(C2C3=C(Nc4nc(SC)nn42)c2cc(Cl)ccc2OC3c2ccc(Br)cc2)cc1. The van der Waals surface area contributed by atoms with Crippen molar-refractivity contribution in [2.45, 2.75) is 17.3 Å². The molecule has 3 heterocycles. The highest BCUT2D eigenvalue weighted by Crippen LogP contribution is 2.51. The largest absolute Gasteiger partial charge is 0.497 e. The zero-order chi connectivity index (χ0) is 24.1. The Morgan fingerprint density at radius 2 is 1.80 bits per heavy atom. The monoisotopic (exact) mass is 566 g/mol. The summed E-state index contributed by atoms with van der Waals surface area (Å²) in [4.78, 5) is 4.74. The van der Waals surface area contributed by atoms with Crippen molar-refractivity contribution in [3.8, 4) is 11.5 Å². The first-order chi connectivity index (χ1) is 17.1. The van der Waals surface area contributed by atoms with Gasteiger partial charge in [0.1, 0.15) is 23.6 Å². The summed E-state index contributed by atoms with van der Waals surface area (Å²) in [5.41, 5.74) is 4.97. The molecule has 0 spiro atoms. The minimum Gasteiger partial charge on any atom is -0.497 e. The highest BCUT2D eigenvalue weighted by molar-refractivity contribution is 9.10. The van der Waals surface area contributed by atoms with Crippen LogP contribution in [-0.2, 0) is 0 Å². The van der Waals surface area contributed by atoms with E-state index < -0.39 is 0 Å². The van der Waals surface area contributed by atoms with Crippen LogP contribution in [0.25, 0.3) is 5.70 Å². The first-order valence-corrected chi connectivity index (χ1v) is 13.3. The normalized spacial score (nSPS) is 18.2. The Kier molecular flexibility index (Phi) is 5.75. The number of aromatic nitrogens is 3. The van der Waals surface area contributed by atoms with Crippen LogP contribution in [0.3, 0.4) is 0 Å². The van der Waals surface area contributed by atoms with Gasteiger partial charge in [-0.05, 0) is 59.8 Å². The van der Waals surface area contributed by atoms with Crippen LogP contribution in [0.5, 0.6) is 11.5 Å². The number of rotatable bonds is 4. The zero-order valence-electron chi connectivity index (χ0n) is 18.8. The van der Waals surface area contributed by atoms with Crippen LogP contribution in [0.2, 0.25) is 5.02 Å². The number of benzene rings is 3. The summed E-state index contributed by atoms with van der Waals surface area (Å²) < 4.78 is 15.0. The number of hydrogen-bond acceptors (Lipinski definition) is 6. The summed E-state index contributed by atoms with van der Waals surface area (Å²) >= 11 is 11.5. The second-order valence-electron chi connectivity index (χ2n) is 8.19. The molecule has 6 rings (SSSR count). The van der Waals surface area contributed by atoms with Crippen LogP contribution < -0.4 is 14.8 Å². The van der Waals surface area contributed by atoms with Crippen molar-refractivity contribution in [3.63, 3.8) is 0 Å². The lowest BCUT2D eigenvalue weighted by atomic mass is 9.84. The maximum Gasteiger partial charge on any atom is 0.227 e. The second kappa shape index (κ2) is 8.93. The summed E-state index contributed by atoms with van der Waals surface area (Å²) in [6.45, 7) is 0. The van der Waals surface area contributed by atoms with E-state index in [2.05, 4.69) is 45.5 Å². The smallest absolute Gasteiger partial charge is 0.227 e. The van der Waals surface area contributed by atoms with E-state index in [1.54, 1.807) is 7.11 Å². The highest BCUT2D eigenvalue weighted by Gasteiger charge is 2.41. The van der Waals surface area contributed by atoms with E-state index in [4.69, 9.17) is 31.2 Å². The van der Waals surface area contributed by atoms with Gasteiger partial charge in [0.2, 0.25) is 11.1 Å². The van der Waals surface area contributed by atoms with Crippen LogP contribution >= 0.6 is 39.3 Å². The zero-order valence-corrected chi connectivity index (χ0v) is 22.0. The summed E-state index contributed by atoms with van der Waals surface area (Å²) in [5.74, 6) is 2.23. The van der Waals surface area contributed by atoms with E-state index in [0.717, 1.165) is 43.9 Å². The highest BCUT2D eigenvalue weighted by atomic mass is 79.9. The van der Waals surface area contributed by atoms with Crippen LogP contribution in [0.15, 0.2) is 81.9 Å². The summed E-state index contributed by atoms with van der Waals surface area (Å²) in [7, 11) is 1.67. The minimum absolute atomic E-state index is 0.249. The van der Waals surface area contributed by atoms with Crippen molar-refractivity contribution in [1.82, 2.24) is 14.8 Å². The van der Waals surface area contributed by atoms with Gasteiger partial charge in [0.15, 0.2) is 0 Å². The van der Waals surface area contributed by atoms with E-state index in [9.17, 15) is 0 Å². The number of thioether (sulfide) groups is 1. The Hall–Kier alpha value is -2.94. The van der Waals surface area contributed by atoms with Gasteiger partial charge < -0.3 is 14.8 Å². The third-order valence-electron chi connectivity index (χ3n) is 6.20. The molecule has 6 nitrogen and oxygen atoms in total. The first kappa shape index (κ1) is 22.5. The summed E-state index contributed by atoms with van der Waals surface area (Å²) in [6.07, 6.45) is 1.63. The first-order valence-electron chi connectivity index (χ1n) is 10.9. The molecule has 9 heteroatoms. The molecule has 0 saturated carbocycles. The number of halogens is 2. The summed E-state index contributed by atoms with van der Waals surface area (Å²) in [5, 5.41) is 9.71.